The molecule has 0 radical (unpaired) electrons. The van der Waals surface area contributed by atoms with Crippen LogP contribution in [0.25, 0.3) is 0 Å². The Hall–Kier alpha value is -2.35. The predicted molar refractivity (Wildman–Crippen MR) is 144 cm³/mol. The van der Waals surface area contributed by atoms with Crippen molar-refractivity contribution in [2.75, 3.05) is 13.1 Å². The fourth-order valence-corrected chi connectivity index (χ4v) is 7.17. The highest BCUT2D eigenvalue weighted by molar-refractivity contribution is 5.79. The van der Waals surface area contributed by atoms with Crippen LogP contribution in [0.1, 0.15) is 107 Å². The van der Waals surface area contributed by atoms with Crippen LogP contribution in [0, 0.1) is 18.8 Å². The molecule has 3 fully saturated rings. The molecule has 2 aliphatic carbocycles. The van der Waals surface area contributed by atoms with E-state index in [1.165, 1.54) is 19.3 Å². The molecule has 1 saturated heterocycles. The topological polar surface area (TPSA) is 63.1 Å². The fraction of sp³-hybridized carbons (Fsp3) is 0.700. The molecule has 4 atom stereocenters. The van der Waals surface area contributed by atoms with Crippen LogP contribution in [-0.2, 0) is 4.79 Å². The monoisotopic (exact) mass is 527 g/mol. The molecule has 2 heterocycles. The van der Waals surface area contributed by atoms with Crippen molar-refractivity contribution >= 4 is 5.91 Å². The summed E-state index contributed by atoms with van der Waals surface area (Å²) in [5.41, 5.74) is 1.08. The summed E-state index contributed by atoms with van der Waals surface area (Å²) in [5.74, 6) is 0.0981. The molecule has 8 heteroatoms. The Labute approximate surface area is 225 Å². The van der Waals surface area contributed by atoms with Gasteiger partial charge in [-0.15, -0.1) is 10.2 Å². The Morgan fingerprint density at radius 2 is 1.84 bits per heavy atom. The maximum Gasteiger partial charge on any atom is 0.248 e. The third-order valence-electron chi connectivity index (χ3n) is 9.21. The molecular formula is C30H43F2N5O. The highest BCUT2D eigenvalue weighted by atomic mass is 19.3. The standard InChI is InChI=1S/C30H43F2N5O/c1-20(2)28-35-34-21(3)37(28)25-18-24-10-7-16-36(27(24)19-25)17-13-26(22-8-5-4-6-9-22)33-29(38)23-11-14-30(31,32)15-12-23/h4-6,8-9,20,23-27H,7,10-19H2,1-3H3,(H,33,38)/t24?,25-,26-,27?/m0/s1. The molecule has 1 amide bonds. The summed E-state index contributed by atoms with van der Waals surface area (Å²) in [6.45, 7) is 8.43. The number of aryl methyl sites for hydroxylation is 1. The Kier molecular flexibility index (Phi) is 8.17. The lowest BCUT2D eigenvalue weighted by molar-refractivity contribution is -0.130. The van der Waals surface area contributed by atoms with E-state index in [0.717, 1.165) is 43.1 Å². The summed E-state index contributed by atoms with van der Waals surface area (Å²) < 4.78 is 29.7. The summed E-state index contributed by atoms with van der Waals surface area (Å²) >= 11 is 0. The van der Waals surface area contributed by atoms with Gasteiger partial charge in [-0.3, -0.25) is 9.69 Å². The van der Waals surface area contributed by atoms with Crippen molar-refractivity contribution in [3.05, 3.63) is 47.5 Å². The molecule has 5 rings (SSSR count). The lowest BCUT2D eigenvalue weighted by Gasteiger charge is -2.38. The number of rotatable bonds is 8. The zero-order valence-electron chi connectivity index (χ0n) is 23.1. The average molecular weight is 528 g/mol. The first-order valence-electron chi connectivity index (χ1n) is 14.6. The molecule has 6 nitrogen and oxygen atoms in total. The van der Waals surface area contributed by atoms with Gasteiger partial charge in [-0.1, -0.05) is 44.2 Å². The van der Waals surface area contributed by atoms with E-state index >= 15 is 0 Å². The summed E-state index contributed by atoms with van der Waals surface area (Å²) in [7, 11) is 0. The summed E-state index contributed by atoms with van der Waals surface area (Å²) in [6.07, 6.45) is 5.71. The quantitative estimate of drug-likeness (QED) is 0.444. The number of hydrogen-bond acceptors (Lipinski definition) is 4. The number of nitrogens with zero attached hydrogens (tertiary/aromatic N) is 4. The van der Waals surface area contributed by atoms with Crippen molar-refractivity contribution in [3.8, 4) is 0 Å². The number of fused-ring (bicyclic) bond motifs is 1. The number of hydrogen-bond donors (Lipinski definition) is 1. The van der Waals surface area contributed by atoms with E-state index < -0.39 is 5.92 Å². The largest absolute Gasteiger partial charge is 0.349 e. The number of amides is 1. The summed E-state index contributed by atoms with van der Waals surface area (Å²) in [6, 6.07) is 11.0. The van der Waals surface area contributed by atoms with E-state index in [4.69, 9.17) is 0 Å². The van der Waals surface area contributed by atoms with E-state index in [2.05, 4.69) is 57.9 Å². The molecule has 1 N–H and O–H groups in total. The molecule has 0 bridgehead atoms. The van der Waals surface area contributed by atoms with Crippen LogP contribution < -0.4 is 5.32 Å². The summed E-state index contributed by atoms with van der Waals surface area (Å²) in [5, 5.41) is 12.1. The number of piperidine rings is 1. The van der Waals surface area contributed by atoms with Crippen LogP contribution in [0.15, 0.2) is 30.3 Å². The van der Waals surface area contributed by atoms with E-state index in [-0.39, 0.29) is 43.6 Å². The zero-order valence-corrected chi connectivity index (χ0v) is 23.1. The third kappa shape index (κ3) is 5.95. The van der Waals surface area contributed by atoms with Gasteiger partial charge in [-0.2, -0.15) is 0 Å². The number of nitrogens with one attached hydrogen (secondary N) is 1. The minimum Gasteiger partial charge on any atom is -0.349 e. The second-order valence-electron chi connectivity index (χ2n) is 12.2. The summed E-state index contributed by atoms with van der Waals surface area (Å²) in [4.78, 5) is 15.8. The van der Waals surface area contributed by atoms with Crippen molar-refractivity contribution in [2.45, 2.75) is 109 Å². The van der Waals surface area contributed by atoms with E-state index in [0.29, 0.717) is 23.9 Å². The van der Waals surface area contributed by atoms with Crippen LogP contribution in [0.3, 0.4) is 0 Å². The predicted octanol–water partition coefficient (Wildman–Crippen LogP) is 6.20. The molecule has 208 valence electrons. The van der Waals surface area contributed by atoms with Crippen LogP contribution in [-0.4, -0.2) is 50.6 Å². The number of likely N-dealkylation sites (tertiary alicyclic amines) is 1. The number of carbonyl (C=O) groups is 1. The van der Waals surface area contributed by atoms with E-state index in [1.807, 2.05) is 18.2 Å². The van der Waals surface area contributed by atoms with Gasteiger partial charge in [0.1, 0.15) is 11.6 Å². The lowest BCUT2D eigenvalue weighted by atomic mass is 9.86. The highest BCUT2D eigenvalue weighted by Gasteiger charge is 2.42. The van der Waals surface area contributed by atoms with Gasteiger partial charge in [0.15, 0.2) is 0 Å². The Bertz CT molecular complexity index is 1080. The molecule has 1 aliphatic heterocycles. The lowest BCUT2D eigenvalue weighted by Crippen LogP contribution is -2.44. The maximum absolute atomic E-state index is 13.7. The first kappa shape index (κ1) is 27.2. The van der Waals surface area contributed by atoms with Gasteiger partial charge in [-0.05, 0) is 69.9 Å². The Balaban J connectivity index is 1.25. The number of carbonyl (C=O) groups excluding carboxylic acids is 1. The van der Waals surface area contributed by atoms with Crippen LogP contribution in [0.2, 0.25) is 0 Å². The molecule has 1 aromatic heterocycles. The number of benzene rings is 1. The molecule has 0 spiro atoms. The molecule has 2 aromatic rings. The van der Waals surface area contributed by atoms with Crippen molar-refractivity contribution in [3.63, 3.8) is 0 Å². The third-order valence-corrected chi connectivity index (χ3v) is 9.21. The molecule has 3 aliphatic rings. The van der Waals surface area contributed by atoms with Crippen LogP contribution in [0.5, 0.6) is 0 Å². The van der Waals surface area contributed by atoms with Crippen LogP contribution >= 0.6 is 0 Å². The van der Waals surface area contributed by atoms with Gasteiger partial charge in [0.05, 0.1) is 6.04 Å². The molecule has 1 aromatic carbocycles. The van der Waals surface area contributed by atoms with Gasteiger partial charge in [0.25, 0.3) is 0 Å². The minimum atomic E-state index is -2.62. The first-order chi connectivity index (χ1) is 18.2. The highest BCUT2D eigenvalue weighted by Crippen LogP contribution is 2.44. The zero-order chi connectivity index (χ0) is 26.9. The van der Waals surface area contributed by atoms with E-state index in [1.54, 1.807) is 0 Å². The van der Waals surface area contributed by atoms with E-state index in [9.17, 15) is 13.6 Å². The number of halogens is 2. The van der Waals surface area contributed by atoms with Crippen molar-refractivity contribution in [1.82, 2.24) is 25.0 Å². The normalized spacial score (nSPS) is 26.8. The van der Waals surface area contributed by atoms with Gasteiger partial charge >= 0.3 is 0 Å². The Morgan fingerprint density at radius 1 is 1.11 bits per heavy atom. The number of aromatic nitrogens is 3. The van der Waals surface area contributed by atoms with Crippen LogP contribution in [0.4, 0.5) is 8.78 Å². The smallest absolute Gasteiger partial charge is 0.248 e. The van der Waals surface area contributed by atoms with Gasteiger partial charge in [-0.25, -0.2) is 8.78 Å². The molecule has 2 saturated carbocycles. The van der Waals surface area contributed by atoms with Crippen molar-refractivity contribution < 1.29 is 13.6 Å². The molecule has 38 heavy (non-hydrogen) atoms. The second kappa shape index (κ2) is 11.4. The SMILES string of the molecule is Cc1nnc(C(C)C)n1[C@H]1CC2CCCN(CC[C@H](NC(=O)C3CCC(F)(F)CC3)c3ccccc3)C2C1. The van der Waals surface area contributed by atoms with Gasteiger partial charge in [0.2, 0.25) is 11.8 Å². The average Bonchev–Trinajstić information content (AvgIpc) is 3.50. The number of alkyl halides is 2. The van der Waals surface area contributed by atoms with Crippen molar-refractivity contribution in [2.24, 2.45) is 11.8 Å². The Morgan fingerprint density at radius 3 is 2.55 bits per heavy atom. The second-order valence-corrected chi connectivity index (χ2v) is 12.2. The van der Waals surface area contributed by atoms with Gasteiger partial charge < -0.3 is 9.88 Å². The van der Waals surface area contributed by atoms with Crippen molar-refractivity contribution in [1.29, 1.82) is 0 Å². The molecular weight excluding hydrogens is 484 g/mol. The minimum absolute atomic E-state index is 0.0731. The van der Waals surface area contributed by atoms with Gasteiger partial charge in [0, 0.05) is 43.3 Å². The fourth-order valence-electron chi connectivity index (χ4n) is 7.17. The maximum atomic E-state index is 13.7. The molecule has 2 unspecified atom stereocenters. The first-order valence-corrected chi connectivity index (χ1v) is 14.6.